The first kappa shape index (κ1) is 21.3. The van der Waals surface area contributed by atoms with E-state index in [0.717, 1.165) is 34.2 Å². The topological polar surface area (TPSA) is 88.4 Å². The molecule has 0 saturated carbocycles. The van der Waals surface area contributed by atoms with Crippen molar-refractivity contribution in [2.45, 2.75) is 13.0 Å². The summed E-state index contributed by atoms with van der Waals surface area (Å²) >= 11 is 1.51. The van der Waals surface area contributed by atoms with Gasteiger partial charge in [-0.1, -0.05) is 41.5 Å². The van der Waals surface area contributed by atoms with Crippen LogP contribution in [0.15, 0.2) is 60.9 Å². The maximum atomic E-state index is 10.6. The Kier molecular flexibility index (Phi) is 6.58. The number of ether oxygens (including phenoxy) is 1. The fourth-order valence-electron chi connectivity index (χ4n) is 3.14. The molecule has 0 aliphatic rings. The molecular formula is C24H20N4O3S. The first-order valence-electron chi connectivity index (χ1n) is 9.90. The Morgan fingerprint density at radius 3 is 2.47 bits per heavy atom. The molecule has 160 valence electrons. The van der Waals surface area contributed by atoms with Crippen molar-refractivity contribution in [1.29, 1.82) is 0 Å². The lowest BCUT2D eigenvalue weighted by atomic mass is 10.1. The number of aromatic nitrogens is 3. The summed E-state index contributed by atoms with van der Waals surface area (Å²) in [5, 5.41) is 9.57. The Balaban J connectivity index is 1.55. The summed E-state index contributed by atoms with van der Waals surface area (Å²) < 4.78 is 5.24. The first-order chi connectivity index (χ1) is 15.6. The Hall–Kier alpha value is -3.96. The summed E-state index contributed by atoms with van der Waals surface area (Å²) in [6.07, 6.45) is 4.15. The zero-order chi connectivity index (χ0) is 22.3. The van der Waals surface area contributed by atoms with Crippen LogP contribution in [0.4, 0.5) is 5.13 Å². The third-order valence-electron chi connectivity index (χ3n) is 4.78. The number of methoxy groups -OCH3 is 1. The number of nitrogens with zero attached hydrogens (tertiary/aromatic N) is 4. The van der Waals surface area contributed by atoms with Gasteiger partial charge in [-0.25, -0.2) is 14.8 Å². The highest BCUT2D eigenvalue weighted by molar-refractivity contribution is 7.21. The predicted octanol–water partition coefficient (Wildman–Crippen LogP) is 3.78. The third-order valence-corrected chi connectivity index (χ3v) is 5.79. The van der Waals surface area contributed by atoms with Crippen LogP contribution in [0.2, 0.25) is 0 Å². The quantitative estimate of drug-likeness (QED) is 0.434. The lowest BCUT2D eigenvalue weighted by molar-refractivity contribution is -0.130. The Morgan fingerprint density at radius 2 is 1.78 bits per heavy atom. The third kappa shape index (κ3) is 5.39. The molecule has 0 amide bonds. The molecule has 1 N–H and O–H groups in total. The van der Waals surface area contributed by atoms with E-state index in [0.29, 0.717) is 17.8 Å². The average molecular weight is 445 g/mol. The summed E-state index contributed by atoms with van der Waals surface area (Å²) in [7, 11) is 1.66. The lowest BCUT2D eigenvalue weighted by Gasteiger charge is -2.22. The van der Waals surface area contributed by atoms with Crippen LogP contribution in [0.3, 0.4) is 0 Å². The Labute approximate surface area is 189 Å². The number of aliphatic carboxylic acids is 1. The van der Waals surface area contributed by atoms with Gasteiger partial charge in [-0.2, -0.15) is 4.98 Å². The minimum atomic E-state index is -1.14. The standard InChI is InChI=1S/C24H20N4O3S/c1-31-20-9-6-18(7-10-20)12-15-28(24-27-22-23(32-24)26-14-13-25-22)16-19-4-2-17(3-5-19)8-11-21(29)30/h2-7,9-10,13-14H,12,15-16H2,1H3,(H,29,30). The fraction of sp³-hybridized carbons (Fsp3) is 0.167. The van der Waals surface area contributed by atoms with Gasteiger partial charge >= 0.3 is 5.97 Å². The number of fused-ring (bicyclic) bond motifs is 1. The van der Waals surface area contributed by atoms with Crippen molar-refractivity contribution in [2.24, 2.45) is 0 Å². The number of hydrogen-bond donors (Lipinski definition) is 1. The molecule has 32 heavy (non-hydrogen) atoms. The molecule has 0 atom stereocenters. The number of rotatable bonds is 7. The van der Waals surface area contributed by atoms with Crippen LogP contribution in [0.25, 0.3) is 10.5 Å². The maximum absolute atomic E-state index is 10.6. The van der Waals surface area contributed by atoms with Crippen molar-refractivity contribution in [2.75, 3.05) is 18.6 Å². The molecule has 0 spiro atoms. The van der Waals surface area contributed by atoms with Crippen molar-refractivity contribution in [3.05, 3.63) is 77.6 Å². The zero-order valence-electron chi connectivity index (χ0n) is 17.4. The van der Waals surface area contributed by atoms with Gasteiger partial charge in [-0.05, 0) is 41.8 Å². The molecule has 0 fully saturated rings. The molecular weight excluding hydrogens is 424 g/mol. The molecule has 2 heterocycles. The van der Waals surface area contributed by atoms with Gasteiger partial charge < -0.3 is 14.7 Å². The number of carbonyl (C=O) groups is 1. The Bertz CT molecular complexity index is 1240. The summed E-state index contributed by atoms with van der Waals surface area (Å²) in [5.74, 6) is 4.46. The van der Waals surface area contributed by atoms with Gasteiger partial charge in [0.25, 0.3) is 0 Å². The van der Waals surface area contributed by atoms with E-state index in [9.17, 15) is 4.79 Å². The summed E-state index contributed by atoms with van der Waals surface area (Å²) in [5.41, 5.74) is 3.57. The van der Waals surface area contributed by atoms with Crippen molar-refractivity contribution in [3.63, 3.8) is 0 Å². The molecule has 4 aromatic rings. The predicted molar refractivity (Wildman–Crippen MR) is 124 cm³/mol. The van der Waals surface area contributed by atoms with Gasteiger partial charge in [0.1, 0.15) is 5.75 Å². The zero-order valence-corrected chi connectivity index (χ0v) is 18.2. The molecule has 0 aliphatic carbocycles. The van der Waals surface area contributed by atoms with E-state index in [1.807, 2.05) is 36.4 Å². The van der Waals surface area contributed by atoms with Gasteiger partial charge in [-0.15, -0.1) is 0 Å². The number of hydrogen-bond acceptors (Lipinski definition) is 7. The SMILES string of the molecule is COc1ccc(CCN(Cc2ccc(C#CC(=O)O)cc2)c2nc3nccnc3s2)cc1. The largest absolute Gasteiger partial charge is 0.497 e. The smallest absolute Gasteiger partial charge is 0.382 e. The van der Waals surface area contributed by atoms with Crippen LogP contribution in [0.5, 0.6) is 5.75 Å². The van der Waals surface area contributed by atoms with Gasteiger partial charge in [0, 0.05) is 37.0 Å². The average Bonchev–Trinajstić information content (AvgIpc) is 3.25. The molecule has 7 nitrogen and oxygen atoms in total. The number of anilines is 1. The van der Waals surface area contributed by atoms with E-state index in [-0.39, 0.29) is 0 Å². The molecule has 0 bridgehead atoms. The highest BCUT2D eigenvalue weighted by Crippen LogP contribution is 2.27. The number of carboxylic acid groups (broad SMARTS) is 1. The molecule has 4 rings (SSSR count). The monoisotopic (exact) mass is 444 g/mol. The van der Waals surface area contributed by atoms with E-state index in [1.54, 1.807) is 19.5 Å². The number of carboxylic acids is 1. The van der Waals surface area contributed by atoms with Gasteiger partial charge in [0.05, 0.1) is 7.11 Å². The highest BCUT2D eigenvalue weighted by Gasteiger charge is 2.14. The van der Waals surface area contributed by atoms with Crippen LogP contribution < -0.4 is 9.64 Å². The van der Waals surface area contributed by atoms with E-state index in [1.165, 1.54) is 16.9 Å². The second-order valence-electron chi connectivity index (χ2n) is 6.95. The van der Waals surface area contributed by atoms with Gasteiger partial charge in [-0.3, -0.25) is 0 Å². The molecule has 0 saturated heterocycles. The minimum absolute atomic E-state index is 0.640. The van der Waals surface area contributed by atoms with Crippen LogP contribution in [-0.2, 0) is 17.8 Å². The van der Waals surface area contributed by atoms with Crippen molar-refractivity contribution >= 4 is 32.9 Å². The molecule has 2 aromatic carbocycles. The maximum Gasteiger partial charge on any atom is 0.382 e. The van der Waals surface area contributed by atoms with Crippen LogP contribution >= 0.6 is 11.3 Å². The minimum Gasteiger partial charge on any atom is -0.497 e. The number of thiazole rings is 1. The molecule has 0 radical (unpaired) electrons. The van der Waals surface area contributed by atoms with Crippen molar-refractivity contribution in [3.8, 4) is 17.6 Å². The van der Waals surface area contributed by atoms with Crippen LogP contribution in [0, 0.1) is 11.8 Å². The summed E-state index contributed by atoms with van der Waals surface area (Å²) in [4.78, 5) is 27.0. The normalized spacial score (nSPS) is 10.4. The molecule has 0 unspecified atom stereocenters. The Morgan fingerprint density at radius 1 is 1.06 bits per heavy atom. The van der Waals surface area contributed by atoms with Gasteiger partial charge in [0.15, 0.2) is 15.6 Å². The van der Waals surface area contributed by atoms with Crippen LogP contribution in [0.1, 0.15) is 16.7 Å². The second kappa shape index (κ2) is 9.90. The van der Waals surface area contributed by atoms with E-state index in [2.05, 4.69) is 43.8 Å². The van der Waals surface area contributed by atoms with E-state index < -0.39 is 5.97 Å². The second-order valence-corrected chi connectivity index (χ2v) is 7.91. The van der Waals surface area contributed by atoms with Crippen molar-refractivity contribution < 1.29 is 14.6 Å². The fourth-order valence-corrected chi connectivity index (χ4v) is 4.03. The van der Waals surface area contributed by atoms with E-state index >= 15 is 0 Å². The summed E-state index contributed by atoms with van der Waals surface area (Å²) in [6, 6.07) is 15.6. The molecule has 2 aromatic heterocycles. The van der Waals surface area contributed by atoms with Gasteiger partial charge in [0.2, 0.25) is 0 Å². The van der Waals surface area contributed by atoms with Crippen LogP contribution in [-0.4, -0.2) is 39.7 Å². The van der Waals surface area contributed by atoms with E-state index in [4.69, 9.17) is 9.84 Å². The summed E-state index contributed by atoms with van der Waals surface area (Å²) in [6.45, 7) is 1.40. The lowest BCUT2D eigenvalue weighted by Crippen LogP contribution is -2.25. The number of benzene rings is 2. The molecule has 8 heteroatoms. The van der Waals surface area contributed by atoms with Crippen molar-refractivity contribution in [1.82, 2.24) is 15.0 Å². The first-order valence-corrected chi connectivity index (χ1v) is 10.7. The molecule has 0 aliphatic heterocycles. The highest BCUT2D eigenvalue weighted by atomic mass is 32.1.